The molecule has 1 aliphatic heterocycles. The summed E-state index contributed by atoms with van der Waals surface area (Å²) in [6, 6.07) is 7.10. The molecular weight excluding hydrogens is 242 g/mol. The number of nitrogens with zero attached hydrogens (tertiary/aromatic N) is 1. The lowest BCUT2D eigenvalue weighted by Gasteiger charge is -2.28. The summed E-state index contributed by atoms with van der Waals surface area (Å²) in [6.45, 7) is 3.05. The molecule has 1 amide bonds. The molecule has 4 nitrogen and oxygen atoms in total. The summed E-state index contributed by atoms with van der Waals surface area (Å²) in [4.78, 5) is 14.1. The Balaban J connectivity index is 1.83. The molecule has 1 aliphatic rings. The van der Waals surface area contributed by atoms with Crippen molar-refractivity contribution in [2.24, 2.45) is 0 Å². The molecule has 3 rings (SSSR count). The summed E-state index contributed by atoms with van der Waals surface area (Å²) < 4.78 is 5.18. The number of aryl methyl sites for hydroxylation is 1. The largest absolute Gasteiger partial charge is 0.508 e. The van der Waals surface area contributed by atoms with E-state index in [0.717, 1.165) is 17.7 Å². The first kappa shape index (κ1) is 11.8. The Bertz CT molecular complexity index is 630. The van der Waals surface area contributed by atoms with Crippen LogP contribution in [0.5, 0.6) is 5.75 Å². The highest BCUT2D eigenvalue weighted by atomic mass is 16.3. The van der Waals surface area contributed by atoms with E-state index in [9.17, 15) is 9.90 Å². The molecule has 0 unspecified atom stereocenters. The topological polar surface area (TPSA) is 53.7 Å². The minimum absolute atomic E-state index is 0.0224. The second-order valence-electron chi connectivity index (χ2n) is 4.88. The maximum absolute atomic E-state index is 12.3. The van der Waals surface area contributed by atoms with Gasteiger partial charge in [0.25, 0.3) is 5.91 Å². The highest BCUT2D eigenvalue weighted by molar-refractivity contribution is 5.94. The molecule has 0 saturated carbocycles. The smallest absolute Gasteiger partial charge is 0.257 e. The van der Waals surface area contributed by atoms with E-state index >= 15 is 0 Å². The molecule has 19 heavy (non-hydrogen) atoms. The molecule has 0 atom stereocenters. The van der Waals surface area contributed by atoms with E-state index in [2.05, 4.69) is 0 Å². The molecule has 0 bridgehead atoms. The summed E-state index contributed by atoms with van der Waals surface area (Å²) in [7, 11) is 0. The Morgan fingerprint density at radius 3 is 2.89 bits per heavy atom. The molecule has 0 radical (unpaired) electrons. The van der Waals surface area contributed by atoms with Crippen LogP contribution in [0.2, 0.25) is 0 Å². The number of carbonyl (C=O) groups excluding carboxylic acids is 1. The zero-order valence-electron chi connectivity index (χ0n) is 10.7. The fourth-order valence-corrected chi connectivity index (χ4v) is 2.46. The monoisotopic (exact) mass is 257 g/mol. The molecular formula is C15H15NO3. The second kappa shape index (κ2) is 4.46. The predicted octanol–water partition coefficient (Wildman–Crippen LogP) is 2.49. The molecule has 98 valence electrons. The van der Waals surface area contributed by atoms with Crippen LogP contribution < -0.4 is 0 Å². The van der Waals surface area contributed by atoms with Gasteiger partial charge in [0.1, 0.15) is 17.8 Å². The first-order chi connectivity index (χ1) is 9.13. The van der Waals surface area contributed by atoms with Gasteiger partial charge in [-0.25, -0.2) is 0 Å². The van der Waals surface area contributed by atoms with Crippen molar-refractivity contribution >= 4 is 5.91 Å². The molecule has 0 spiro atoms. The van der Waals surface area contributed by atoms with E-state index < -0.39 is 0 Å². The summed E-state index contributed by atoms with van der Waals surface area (Å²) in [5.41, 5.74) is 2.80. The molecule has 1 N–H and O–H groups in total. The van der Waals surface area contributed by atoms with E-state index in [0.29, 0.717) is 18.7 Å². The zero-order valence-corrected chi connectivity index (χ0v) is 10.7. The van der Waals surface area contributed by atoms with Gasteiger partial charge in [-0.1, -0.05) is 6.07 Å². The van der Waals surface area contributed by atoms with Crippen LogP contribution in [-0.2, 0) is 13.0 Å². The van der Waals surface area contributed by atoms with E-state index in [1.807, 2.05) is 13.0 Å². The molecule has 2 aromatic rings. The number of rotatable bonds is 1. The average Bonchev–Trinajstić information content (AvgIpc) is 2.83. The van der Waals surface area contributed by atoms with E-state index in [4.69, 9.17) is 4.42 Å². The van der Waals surface area contributed by atoms with Crippen molar-refractivity contribution < 1.29 is 14.3 Å². The molecule has 0 aliphatic carbocycles. The molecule has 1 aromatic carbocycles. The van der Waals surface area contributed by atoms with Crippen molar-refractivity contribution in [1.82, 2.24) is 4.90 Å². The van der Waals surface area contributed by atoms with Gasteiger partial charge in [-0.3, -0.25) is 4.79 Å². The Kier molecular flexibility index (Phi) is 2.78. The summed E-state index contributed by atoms with van der Waals surface area (Å²) >= 11 is 0. The van der Waals surface area contributed by atoms with Crippen molar-refractivity contribution in [2.75, 3.05) is 6.54 Å². The highest BCUT2D eigenvalue weighted by Gasteiger charge is 2.22. The van der Waals surface area contributed by atoms with E-state index in [1.165, 1.54) is 11.8 Å². The number of carbonyl (C=O) groups is 1. The number of phenolic OH excluding ortho intramolecular Hbond substituents is 1. The second-order valence-corrected chi connectivity index (χ2v) is 4.88. The van der Waals surface area contributed by atoms with Crippen LogP contribution in [0, 0.1) is 6.92 Å². The SMILES string of the molecule is Cc1cc(C(=O)N2CCc3ccc(O)cc3C2)co1. The van der Waals surface area contributed by atoms with Crippen LogP contribution >= 0.6 is 0 Å². The van der Waals surface area contributed by atoms with Gasteiger partial charge in [0.2, 0.25) is 0 Å². The Morgan fingerprint density at radius 1 is 1.32 bits per heavy atom. The quantitative estimate of drug-likeness (QED) is 0.854. The standard InChI is InChI=1S/C15H15NO3/c1-10-6-13(9-19-10)15(18)16-5-4-11-2-3-14(17)7-12(11)8-16/h2-3,6-7,9,17H,4-5,8H2,1H3. The zero-order chi connectivity index (χ0) is 13.4. The van der Waals surface area contributed by atoms with Crippen LogP contribution in [0.3, 0.4) is 0 Å². The van der Waals surface area contributed by atoms with Gasteiger partial charge in [0.05, 0.1) is 5.56 Å². The lowest BCUT2D eigenvalue weighted by molar-refractivity contribution is 0.0733. The third kappa shape index (κ3) is 2.21. The van der Waals surface area contributed by atoms with Gasteiger partial charge in [-0.15, -0.1) is 0 Å². The number of phenols is 1. The molecule has 0 saturated heterocycles. The fourth-order valence-electron chi connectivity index (χ4n) is 2.46. The average molecular weight is 257 g/mol. The summed E-state index contributed by atoms with van der Waals surface area (Å²) in [5.74, 6) is 0.955. The Labute approximate surface area is 111 Å². The van der Waals surface area contributed by atoms with Gasteiger partial charge in [-0.05, 0) is 42.7 Å². The Hall–Kier alpha value is -2.23. The van der Waals surface area contributed by atoms with Crippen LogP contribution in [0.15, 0.2) is 34.9 Å². The van der Waals surface area contributed by atoms with Gasteiger partial charge < -0.3 is 14.4 Å². The van der Waals surface area contributed by atoms with E-state index in [1.54, 1.807) is 23.1 Å². The molecule has 0 fully saturated rings. The number of amides is 1. The first-order valence-corrected chi connectivity index (χ1v) is 6.28. The minimum atomic E-state index is -0.0224. The third-order valence-corrected chi connectivity index (χ3v) is 3.47. The van der Waals surface area contributed by atoms with Crippen LogP contribution in [0.1, 0.15) is 27.2 Å². The van der Waals surface area contributed by atoms with Crippen LogP contribution in [-0.4, -0.2) is 22.5 Å². The number of benzene rings is 1. The van der Waals surface area contributed by atoms with Crippen molar-refractivity contribution in [3.05, 3.63) is 53.0 Å². The van der Waals surface area contributed by atoms with Gasteiger partial charge >= 0.3 is 0 Å². The number of aromatic hydroxyl groups is 1. The maximum Gasteiger partial charge on any atom is 0.257 e. The number of hydrogen-bond acceptors (Lipinski definition) is 3. The minimum Gasteiger partial charge on any atom is -0.508 e. The normalized spacial score (nSPS) is 14.3. The lowest BCUT2D eigenvalue weighted by atomic mass is 9.99. The van der Waals surface area contributed by atoms with Crippen LogP contribution in [0.25, 0.3) is 0 Å². The number of fused-ring (bicyclic) bond motifs is 1. The number of furan rings is 1. The van der Waals surface area contributed by atoms with Crippen LogP contribution in [0.4, 0.5) is 0 Å². The summed E-state index contributed by atoms with van der Waals surface area (Å²) in [5, 5.41) is 9.52. The highest BCUT2D eigenvalue weighted by Crippen LogP contribution is 2.24. The van der Waals surface area contributed by atoms with E-state index in [-0.39, 0.29) is 11.7 Å². The lowest BCUT2D eigenvalue weighted by Crippen LogP contribution is -2.35. The van der Waals surface area contributed by atoms with Gasteiger partial charge in [-0.2, -0.15) is 0 Å². The first-order valence-electron chi connectivity index (χ1n) is 6.28. The predicted molar refractivity (Wildman–Crippen MR) is 70.0 cm³/mol. The van der Waals surface area contributed by atoms with Crippen molar-refractivity contribution in [3.8, 4) is 5.75 Å². The Morgan fingerprint density at radius 2 is 2.16 bits per heavy atom. The van der Waals surface area contributed by atoms with Crippen molar-refractivity contribution in [2.45, 2.75) is 19.9 Å². The number of hydrogen-bond donors (Lipinski definition) is 1. The summed E-state index contributed by atoms with van der Waals surface area (Å²) in [6.07, 6.45) is 2.31. The van der Waals surface area contributed by atoms with Crippen molar-refractivity contribution in [3.63, 3.8) is 0 Å². The fraction of sp³-hybridized carbons (Fsp3) is 0.267. The van der Waals surface area contributed by atoms with Gasteiger partial charge in [0.15, 0.2) is 0 Å². The maximum atomic E-state index is 12.3. The van der Waals surface area contributed by atoms with Crippen molar-refractivity contribution in [1.29, 1.82) is 0 Å². The van der Waals surface area contributed by atoms with Gasteiger partial charge in [0, 0.05) is 13.1 Å². The molecule has 2 heterocycles. The molecule has 1 aromatic heterocycles. The third-order valence-electron chi connectivity index (χ3n) is 3.47. The molecule has 4 heteroatoms.